The molecule has 0 bridgehead atoms. The van der Waals surface area contributed by atoms with Gasteiger partial charge in [0, 0.05) is 36.0 Å². The van der Waals surface area contributed by atoms with Gasteiger partial charge in [0.15, 0.2) is 11.5 Å². The first kappa shape index (κ1) is 24.8. The Balaban J connectivity index is 1.52. The number of anilines is 1. The normalized spacial score (nSPS) is 15.3. The van der Waals surface area contributed by atoms with E-state index in [0.29, 0.717) is 23.4 Å². The van der Waals surface area contributed by atoms with Gasteiger partial charge in [-0.25, -0.2) is 9.40 Å². The van der Waals surface area contributed by atoms with Gasteiger partial charge in [-0.2, -0.15) is 5.10 Å². The lowest BCUT2D eigenvalue weighted by Gasteiger charge is -2.29. The zero-order valence-corrected chi connectivity index (χ0v) is 20.1. The Hall–Kier alpha value is -4.27. The summed E-state index contributed by atoms with van der Waals surface area (Å²) < 4.78 is 23.2. The van der Waals surface area contributed by atoms with Crippen LogP contribution in [-0.2, 0) is 11.3 Å². The summed E-state index contributed by atoms with van der Waals surface area (Å²) in [6.45, 7) is 1.30. The average molecular weight is 491 g/mol. The Bertz CT molecular complexity index is 1250. The van der Waals surface area contributed by atoms with Crippen molar-refractivity contribution in [3.05, 3.63) is 83.7 Å². The molecule has 0 radical (unpaired) electrons. The van der Waals surface area contributed by atoms with E-state index >= 15 is 0 Å². The SMILES string of the molecule is CCC1CC(=O)N(Cc2ccc(NC(=O)c3cccnc3)cc2)N=C1c1ccc(OC)c(OCF)c1. The fraction of sp³-hybridized carbons (Fsp3) is 0.259. The molecule has 2 amide bonds. The van der Waals surface area contributed by atoms with Gasteiger partial charge < -0.3 is 14.8 Å². The number of nitrogens with one attached hydrogen (secondary N) is 1. The van der Waals surface area contributed by atoms with Crippen LogP contribution in [0.5, 0.6) is 11.5 Å². The van der Waals surface area contributed by atoms with E-state index < -0.39 is 6.86 Å². The Kier molecular flexibility index (Phi) is 7.89. The van der Waals surface area contributed by atoms with Crippen LogP contribution in [0.25, 0.3) is 0 Å². The van der Waals surface area contributed by atoms with Crippen molar-refractivity contribution >= 4 is 23.2 Å². The Morgan fingerprint density at radius 1 is 1.17 bits per heavy atom. The summed E-state index contributed by atoms with van der Waals surface area (Å²) in [5.74, 6) is 0.308. The highest BCUT2D eigenvalue weighted by Crippen LogP contribution is 2.32. The molecule has 0 saturated heterocycles. The van der Waals surface area contributed by atoms with Crippen molar-refractivity contribution in [3.8, 4) is 11.5 Å². The summed E-state index contributed by atoms with van der Waals surface area (Å²) in [4.78, 5) is 29.1. The standard InChI is InChI=1S/C27H27FN4O4/c1-3-19-14-25(33)32(31-26(19)20-8-11-23(35-2)24(13-20)36-17-28)16-18-6-9-22(10-7-18)30-27(34)21-5-4-12-29-15-21/h4-13,15,19H,3,14,16-17H2,1-2H3,(H,30,34). The molecule has 36 heavy (non-hydrogen) atoms. The number of rotatable bonds is 9. The number of hydrogen-bond acceptors (Lipinski definition) is 6. The van der Waals surface area contributed by atoms with Crippen molar-refractivity contribution in [3.63, 3.8) is 0 Å². The number of pyridine rings is 1. The lowest BCUT2D eigenvalue weighted by atomic mass is 9.89. The highest BCUT2D eigenvalue weighted by Gasteiger charge is 2.29. The molecule has 1 unspecified atom stereocenters. The molecule has 1 atom stereocenters. The predicted molar refractivity (Wildman–Crippen MR) is 134 cm³/mol. The summed E-state index contributed by atoms with van der Waals surface area (Å²) in [5, 5.41) is 8.96. The summed E-state index contributed by atoms with van der Waals surface area (Å²) in [7, 11) is 1.49. The molecular weight excluding hydrogens is 463 g/mol. The van der Waals surface area contributed by atoms with E-state index in [1.54, 1.807) is 42.6 Å². The summed E-state index contributed by atoms with van der Waals surface area (Å²) in [6, 6.07) is 15.9. The van der Waals surface area contributed by atoms with Gasteiger partial charge in [-0.15, -0.1) is 0 Å². The van der Waals surface area contributed by atoms with E-state index in [1.165, 1.54) is 18.3 Å². The molecule has 186 valence electrons. The number of carbonyl (C=O) groups excluding carboxylic acids is 2. The van der Waals surface area contributed by atoms with E-state index in [9.17, 15) is 14.0 Å². The second-order valence-corrected chi connectivity index (χ2v) is 8.26. The summed E-state index contributed by atoms with van der Waals surface area (Å²) in [5.41, 5.74) is 3.44. The monoisotopic (exact) mass is 490 g/mol. The lowest BCUT2D eigenvalue weighted by molar-refractivity contribution is -0.133. The fourth-order valence-electron chi connectivity index (χ4n) is 4.01. The summed E-state index contributed by atoms with van der Waals surface area (Å²) >= 11 is 0. The molecule has 1 aromatic heterocycles. The van der Waals surface area contributed by atoms with E-state index in [-0.39, 0.29) is 30.0 Å². The van der Waals surface area contributed by atoms with Gasteiger partial charge in [-0.05, 0) is 54.4 Å². The first-order chi connectivity index (χ1) is 17.5. The number of nitrogens with zero attached hydrogens (tertiary/aromatic N) is 3. The van der Waals surface area contributed by atoms with E-state index in [2.05, 4.69) is 15.4 Å². The van der Waals surface area contributed by atoms with Crippen LogP contribution < -0.4 is 14.8 Å². The average Bonchev–Trinajstić information content (AvgIpc) is 2.91. The van der Waals surface area contributed by atoms with Crippen molar-refractivity contribution in [2.45, 2.75) is 26.3 Å². The molecule has 4 rings (SSSR count). The van der Waals surface area contributed by atoms with Crippen molar-refractivity contribution in [1.82, 2.24) is 9.99 Å². The Morgan fingerprint density at radius 3 is 2.64 bits per heavy atom. The third-order valence-corrected chi connectivity index (χ3v) is 5.95. The predicted octanol–water partition coefficient (Wildman–Crippen LogP) is 4.81. The first-order valence-electron chi connectivity index (χ1n) is 11.6. The van der Waals surface area contributed by atoms with E-state index in [0.717, 1.165) is 23.3 Å². The highest BCUT2D eigenvalue weighted by molar-refractivity contribution is 6.06. The number of hydrogen-bond donors (Lipinski definition) is 1. The van der Waals surface area contributed by atoms with Crippen LogP contribution >= 0.6 is 0 Å². The third-order valence-electron chi connectivity index (χ3n) is 5.95. The number of carbonyl (C=O) groups is 2. The summed E-state index contributed by atoms with van der Waals surface area (Å²) in [6.07, 6.45) is 4.16. The van der Waals surface area contributed by atoms with Gasteiger partial charge in [-0.3, -0.25) is 14.6 Å². The maximum atomic E-state index is 12.9. The lowest BCUT2D eigenvalue weighted by Crippen LogP contribution is -2.36. The van der Waals surface area contributed by atoms with Gasteiger partial charge in [0.25, 0.3) is 5.91 Å². The van der Waals surface area contributed by atoms with Crippen molar-refractivity contribution in [2.75, 3.05) is 19.3 Å². The Labute approximate surface area is 208 Å². The third kappa shape index (κ3) is 5.68. The molecule has 2 aromatic carbocycles. The molecule has 0 aliphatic carbocycles. The molecule has 0 saturated carbocycles. The molecule has 3 aromatic rings. The maximum absolute atomic E-state index is 12.9. The Morgan fingerprint density at radius 2 is 1.97 bits per heavy atom. The fourth-order valence-corrected chi connectivity index (χ4v) is 4.01. The molecule has 1 aliphatic heterocycles. The highest BCUT2D eigenvalue weighted by atomic mass is 19.1. The van der Waals surface area contributed by atoms with Crippen LogP contribution in [0.3, 0.4) is 0 Å². The molecule has 0 spiro atoms. The van der Waals surface area contributed by atoms with Gasteiger partial charge in [0.1, 0.15) is 0 Å². The minimum atomic E-state index is -0.979. The van der Waals surface area contributed by atoms with Gasteiger partial charge in [0.2, 0.25) is 12.8 Å². The second kappa shape index (κ2) is 11.4. The van der Waals surface area contributed by atoms with Crippen molar-refractivity contribution in [2.24, 2.45) is 11.0 Å². The largest absolute Gasteiger partial charge is 0.493 e. The zero-order chi connectivity index (χ0) is 25.5. The maximum Gasteiger partial charge on any atom is 0.257 e. The number of aromatic nitrogens is 1. The number of ether oxygens (including phenoxy) is 2. The number of methoxy groups -OCH3 is 1. The number of halogens is 1. The van der Waals surface area contributed by atoms with Crippen LogP contribution in [0.15, 0.2) is 72.1 Å². The molecule has 2 heterocycles. The smallest absolute Gasteiger partial charge is 0.257 e. The number of benzene rings is 2. The quantitative estimate of drug-likeness (QED) is 0.465. The molecule has 9 heteroatoms. The molecular formula is C27H27FN4O4. The van der Waals surface area contributed by atoms with Gasteiger partial charge >= 0.3 is 0 Å². The van der Waals surface area contributed by atoms with E-state index in [1.807, 2.05) is 25.1 Å². The number of alkyl halides is 1. The molecule has 1 N–H and O–H groups in total. The zero-order valence-electron chi connectivity index (χ0n) is 20.1. The number of hydrazone groups is 1. The van der Waals surface area contributed by atoms with Crippen LogP contribution in [0, 0.1) is 5.92 Å². The molecule has 8 nitrogen and oxygen atoms in total. The minimum absolute atomic E-state index is 0.0644. The van der Waals surface area contributed by atoms with Crippen LogP contribution in [-0.4, -0.2) is 41.5 Å². The van der Waals surface area contributed by atoms with Crippen molar-refractivity contribution < 1.29 is 23.5 Å². The molecule has 1 aliphatic rings. The number of amides is 2. The van der Waals surface area contributed by atoms with E-state index in [4.69, 9.17) is 9.47 Å². The van der Waals surface area contributed by atoms with Gasteiger partial charge in [0.05, 0.1) is 24.9 Å². The topological polar surface area (TPSA) is 93.1 Å². The minimum Gasteiger partial charge on any atom is -0.493 e. The van der Waals surface area contributed by atoms with Crippen molar-refractivity contribution in [1.29, 1.82) is 0 Å². The van der Waals surface area contributed by atoms with Crippen LogP contribution in [0.2, 0.25) is 0 Å². The van der Waals surface area contributed by atoms with Crippen LogP contribution in [0.1, 0.15) is 41.3 Å². The molecule has 0 fully saturated rings. The van der Waals surface area contributed by atoms with Gasteiger partial charge in [-0.1, -0.05) is 19.1 Å². The van der Waals surface area contributed by atoms with Crippen LogP contribution in [0.4, 0.5) is 10.1 Å². The second-order valence-electron chi connectivity index (χ2n) is 8.26. The first-order valence-corrected chi connectivity index (χ1v) is 11.6.